The van der Waals surface area contributed by atoms with Crippen LogP contribution in [0.25, 0.3) is 11.5 Å². The molecule has 1 aromatic heterocycles. The molecule has 2 N–H and O–H groups in total. The zero-order valence-corrected chi connectivity index (χ0v) is 12.9. The highest BCUT2D eigenvalue weighted by Crippen LogP contribution is 2.25. The molecule has 1 heterocycles. The normalized spacial score (nSPS) is 22.1. The van der Waals surface area contributed by atoms with Gasteiger partial charge in [0.15, 0.2) is 0 Å². The molecular formula is C16H21N3OS. The summed E-state index contributed by atoms with van der Waals surface area (Å²) in [6.07, 6.45) is 8.23. The van der Waals surface area contributed by atoms with Crippen LogP contribution in [-0.2, 0) is 0 Å². The van der Waals surface area contributed by atoms with Crippen molar-refractivity contribution in [2.24, 2.45) is 5.92 Å². The molecule has 0 saturated heterocycles. The molecule has 1 fully saturated rings. The number of oxazole rings is 1. The van der Waals surface area contributed by atoms with Crippen LogP contribution in [0.3, 0.4) is 0 Å². The Hall–Kier alpha value is -1.46. The van der Waals surface area contributed by atoms with Crippen LogP contribution in [0.1, 0.15) is 25.7 Å². The molecule has 4 nitrogen and oxygen atoms in total. The van der Waals surface area contributed by atoms with E-state index in [0.29, 0.717) is 11.9 Å². The molecular weight excluding hydrogens is 282 g/mol. The van der Waals surface area contributed by atoms with Crippen LogP contribution in [0.5, 0.6) is 0 Å². The number of hydrogen-bond acceptors (Lipinski definition) is 5. The maximum absolute atomic E-state index is 5.29. The number of nitrogens with zero attached hydrogens (tertiary/aromatic N) is 1. The Bertz CT molecular complexity index is 533. The maximum atomic E-state index is 5.29. The Morgan fingerprint density at radius 3 is 2.52 bits per heavy atom. The average Bonchev–Trinajstić information content (AvgIpc) is 3.08. The third kappa shape index (κ3) is 3.80. The number of anilines is 1. The van der Waals surface area contributed by atoms with Crippen LogP contribution < -0.4 is 10.0 Å². The van der Waals surface area contributed by atoms with E-state index in [0.717, 1.165) is 23.7 Å². The van der Waals surface area contributed by atoms with Crippen LogP contribution in [0.15, 0.2) is 41.1 Å². The largest absolute Gasteiger partial charge is 0.445 e. The molecule has 0 radical (unpaired) electrons. The fourth-order valence-electron chi connectivity index (χ4n) is 2.85. The monoisotopic (exact) mass is 303 g/mol. The third-order valence-corrected chi connectivity index (χ3v) is 4.55. The van der Waals surface area contributed by atoms with E-state index in [-0.39, 0.29) is 0 Å². The van der Waals surface area contributed by atoms with Crippen molar-refractivity contribution in [2.45, 2.75) is 31.7 Å². The highest BCUT2D eigenvalue weighted by atomic mass is 32.1. The molecule has 112 valence electrons. The second-order valence-corrected chi connectivity index (χ2v) is 5.90. The second kappa shape index (κ2) is 7.00. The molecule has 5 heteroatoms. The SMILES string of the molecule is SNC1CCC(CNc2ccc(-c3ncco3)cc2)CC1. The van der Waals surface area contributed by atoms with E-state index < -0.39 is 0 Å². The average molecular weight is 303 g/mol. The molecule has 1 aliphatic rings. The van der Waals surface area contributed by atoms with Gasteiger partial charge in [0.2, 0.25) is 5.89 Å². The van der Waals surface area contributed by atoms with Crippen LogP contribution in [0.2, 0.25) is 0 Å². The first-order valence-electron chi connectivity index (χ1n) is 7.48. The van der Waals surface area contributed by atoms with Gasteiger partial charge < -0.3 is 9.73 Å². The predicted octanol–water partition coefficient (Wildman–Crippen LogP) is 3.75. The number of hydrogen-bond donors (Lipinski definition) is 3. The van der Waals surface area contributed by atoms with Crippen molar-refractivity contribution in [2.75, 3.05) is 11.9 Å². The van der Waals surface area contributed by atoms with Gasteiger partial charge in [-0.1, -0.05) is 12.8 Å². The predicted molar refractivity (Wildman–Crippen MR) is 88.3 cm³/mol. The molecule has 0 spiro atoms. The summed E-state index contributed by atoms with van der Waals surface area (Å²) in [5.74, 6) is 1.42. The Kier molecular flexibility index (Phi) is 4.83. The van der Waals surface area contributed by atoms with Gasteiger partial charge in [-0.3, -0.25) is 4.72 Å². The van der Waals surface area contributed by atoms with Gasteiger partial charge in [0.1, 0.15) is 6.26 Å². The van der Waals surface area contributed by atoms with Crippen molar-refractivity contribution in [3.63, 3.8) is 0 Å². The summed E-state index contributed by atoms with van der Waals surface area (Å²) in [4.78, 5) is 4.15. The molecule has 0 aliphatic heterocycles. The van der Waals surface area contributed by atoms with Crippen molar-refractivity contribution in [1.29, 1.82) is 0 Å². The molecule has 0 atom stereocenters. The lowest BCUT2D eigenvalue weighted by atomic mass is 9.86. The lowest BCUT2D eigenvalue weighted by Crippen LogP contribution is -2.29. The Labute approximate surface area is 130 Å². The highest BCUT2D eigenvalue weighted by Gasteiger charge is 2.19. The van der Waals surface area contributed by atoms with Crippen LogP contribution >= 0.6 is 12.8 Å². The number of thiol groups is 1. The molecule has 0 unspecified atom stereocenters. The lowest BCUT2D eigenvalue weighted by molar-refractivity contribution is 0.329. The van der Waals surface area contributed by atoms with Crippen molar-refractivity contribution < 1.29 is 4.42 Å². The van der Waals surface area contributed by atoms with E-state index in [9.17, 15) is 0 Å². The Morgan fingerprint density at radius 1 is 1.14 bits per heavy atom. The Balaban J connectivity index is 1.50. The summed E-state index contributed by atoms with van der Waals surface area (Å²) in [7, 11) is 0. The minimum atomic E-state index is 0.588. The molecule has 0 amide bonds. The summed E-state index contributed by atoms with van der Waals surface area (Å²) in [5.41, 5.74) is 2.16. The van der Waals surface area contributed by atoms with Crippen LogP contribution in [-0.4, -0.2) is 17.6 Å². The standard InChI is InChI=1S/C16H21N3OS/c21-19-15-5-1-12(2-6-15)11-18-14-7-3-13(4-8-14)16-17-9-10-20-16/h3-4,7-10,12,15,18-19,21H,1-2,5-6,11H2. The van der Waals surface area contributed by atoms with Gasteiger partial charge in [0.25, 0.3) is 0 Å². The van der Waals surface area contributed by atoms with Gasteiger partial charge >= 0.3 is 0 Å². The van der Waals surface area contributed by atoms with Crippen molar-refractivity contribution in [3.8, 4) is 11.5 Å². The molecule has 3 rings (SSSR count). The van der Waals surface area contributed by atoms with Gasteiger partial charge in [-0.05, 0) is 55.9 Å². The zero-order valence-electron chi connectivity index (χ0n) is 12.0. The zero-order chi connectivity index (χ0) is 14.5. The Morgan fingerprint density at radius 2 is 1.90 bits per heavy atom. The number of benzene rings is 1. The first-order valence-corrected chi connectivity index (χ1v) is 7.93. The fourth-order valence-corrected chi connectivity index (χ4v) is 3.11. The summed E-state index contributed by atoms with van der Waals surface area (Å²) >= 11 is 4.16. The van der Waals surface area contributed by atoms with Crippen LogP contribution in [0.4, 0.5) is 5.69 Å². The van der Waals surface area contributed by atoms with Gasteiger partial charge in [-0.25, -0.2) is 4.98 Å². The lowest BCUT2D eigenvalue weighted by Gasteiger charge is -2.28. The number of rotatable bonds is 5. The minimum absolute atomic E-state index is 0.588. The first kappa shape index (κ1) is 14.5. The van der Waals surface area contributed by atoms with Crippen LogP contribution in [0, 0.1) is 5.92 Å². The van der Waals surface area contributed by atoms with E-state index in [1.807, 2.05) is 12.1 Å². The van der Waals surface area contributed by atoms with Crippen molar-refractivity contribution in [1.82, 2.24) is 9.71 Å². The summed E-state index contributed by atoms with van der Waals surface area (Å²) < 4.78 is 8.37. The van der Waals surface area contributed by atoms with E-state index >= 15 is 0 Å². The number of aromatic nitrogens is 1. The van der Waals surface area contributed by atoms with E-state index in [2.05, 4.69) is 40.0 Å². The smallest absolute Gasteiger partial charge is 0.225 e. The summed E-state index contributed by atoms with van der Waals surface area (Å²) in [6.45, 7) is 1.04. The van der Waals surface area contributed by atoms with Gasteiger partial charge in [-0.15, -0.1) is 0 Å². The third-order valence-electron chi connectivity index (χ3n) is 4.19. The van der Waals surface area contributed by atoms with E-state index in [4.69, 9.17) is 4.42 Å². The van der Waals surface area contributed by atoms with Crippen molar-refractivity contribution in [3.05, 3.63) is 36.7 Å². The molecule has 21 heavy (non-hydrogen) atoms. The first-order chi connectivity index (χ1) is 10.3. The topological polar surface area (TPSA) is 50.1 Å². The summed E-state index contributed by atoms with van der Waals surface area (Å²) in [6, 6.07) is 8.83. The van der Waals surface area contributed by atoms with E-state index in [1.165, 1.54) is 25.7 Å². The molecule has 2 aromatic rings. The van der Waals surface area contributed by atoms with Gasteiger partial charge in [0.05, 0.1) is 6.20 Å². The molecule has 1 saturated carbocycles. The number of nitrogens with one attached hydrogen (secondary N) is 2. The minimum Gasteiger partial charge on any atom is -0.445 e. The molecule has 1 aliphatic carbocycles. The second-order valence-electron chi connectivity index (χ2n) is 5.64. The highest BCUT2D eigenvalue weighted by molar-refractivity contribution is 7.78. The van der Waals surface area contributed by atoms with Gasteiger partial charge in [-0.2, -0.15) is 0 Å². The summed E-state index contributed by atoms with van der Waals surface area (Å²) in [5, 5.41) is 3.53. The quantitative estimate of drug-likeness (QED) is 0.736. The van der Waals surface area contributed by atoms with Gasteiger partial charge in [0, 0.05) is 23.8 Å². The van der Waals surface area contributed by atoms with Crippen molar-refractivity contribution >= 4 is 18.5 Å². The van der Waals surface area contributed by atoms with E-state index in [1.54, 1.807) is 12.5 Å². The maximum Gasteiger partial charge on any atom is 0.225 e. The fraction of sp³-hybridized carbons (Fsp3) is 0.438. The molecule has 0 bridgehead atoms. The molecule has 1 aromatic carbocycles.